The number of nitrogens with one attached hydrogen (secondary N) is 1. The summed E-state index contributed by atoms with van der Waals surface area (Å²) in [6.45, 7) is 4.14. The Morgan fingerprint density at radius 3 is 2.85 bits per heavy atom. The average Bonchev–Trinajstić information content (AvgIpc) is 3.24. The predicted molar refractivity (Wildman–Crippen MR) is 112 cm³/mol. The number of rotatable bonds is 5. The molecule has 1 aromatic heterocycles. The standard InChI is InChI=1S/C20H20N4OS2/c1-13-7-3-5-9-16(13)21-19-22-23-20(27-19)26-12-18(25)24-14(2)11-15-8-4-6-10-17(15)24/h3-10,14H,11-12H2,1-2H3,(H,21,22)/t14-/m1/s1. The van der Waals surface area contributed by atoms with Gasteiger partial charge in [0.2, 0.25) is 11.0 Å². The second-order valence-electron chi connectivity index (χ2n) is 6.55. The number of thioether (sulfide) groups is 1. The maximum Gasteiger partial charge on any atom is 0.237 e. The molecule has 1 aliphatic heterocycles. The van der Waals surface area contributed by atoms with Gasteiger partial charge < -0.3 is 10.2 Å². The molecular formula is C20H20N4OS2. The van der Waals surface area contributed by atoms with E-state index in [0.717, 1.165) is 32.8 Å². The molecule has 1 aliphatic rings. The van der Waals surface area contributed by atoms with E-state index in [9.17, 15) is 4.79 Å². The van der Waals surface area contributed by atoms with Crippen LogP contribution in [0.2, 0.25) is 0 Å². The van der Waals surface area contributed by atoms with E-state index in [0.29, 0.717) is 5.75 Å². The normalized spacial score (nSPS) is 15.6. The number of benzene rings is 2. The Morgan fingerprint density at radius 1 is 1.22 bits per heavy atom. The van der Waals surface area contributed by atoms with Gasteiger partial charge in [-0.1, -0.05) is 59.5 Å². The minimum atomic E-state index is 0.112. The van der Waals surface area contributed by atoms with E-state index in [-0.39, 0.29) is 11.9 Å². The van der Waals surface area contributed by atoms with Crippen LogP contribution < -0.4 is 10.2 Å². The van der Waals surface area contributed by atoms with Gasteiger partial charge in [-0.2, -0.15) is 0 Å². The number of aryl methyl sites for hydroxylation is 1. The van der Waals surface area contributed by atoms with E-state index in [1.165, 1.54) is 28.7 Å². The summed E-state index contributed by atoms with van der Waals surface area (Å²) in [5.41, 5.74) is 4.45. The number of para-hydroxylation sites is 2. The molecular weight excluding hydrogens is 376 g/mol. The van der Waals surface area contributed by atoms with Crippen LogP contribution in [0, 0.1) is 6.92 Å². The number of hydrogen-bond donors (Lipinski definition) is 1. The van der Waals surface area contributed by atoms with Crippen LogP contribution >= 0.6 is 23.1 Å². The zero-order valence-corrected chi connectivity index (χ0v) is 16.8. The third-order valence-corrected chi connectivity index (χ3v) is 6.54. The van der Waals surface area contributed by atoms with E-state index < -0.39 is 0 Å². The van der Waals surface area contributed by atoms with Crippen LogP contribution in [0.25, 0.3) is 0 Å². The Balaban J connectivity index is 1.39. The Hall–Kier alpha value is -2.38. The number of anilines is 3. The largest absolute Gasteiger partial charge is 0.330 e. The van der Waals surface area contributed by atoms with Gasteiger partial charge in [-0.05, 0) is 43.5 Å². The molecule has 0 unspecified atom stereocenters. The summed E-state index contributed by atoms with van der Waals surface area (Å²) < 4.78 is 0.791. The van der Waals surface area contributed by atoms with Crippen molar-refractivity contribution in [2.75, 3.05) is 16.0 Å². The quantitative estimate of drug-likeness (QED) is 0.636. The van der Waals surface area contributed by atoms with Crippen LogP contribution in [0.4, 0.5) is 16.5 Å². The van der Waals surface area contributed by atoms with Crippen LogP contribution in [0.3, 0.4) is 0 Å². The third kappa shape index (κ3) is 3.84. The van der Waals surface area contributed by atoms with Crippen molar-refractivity contribution >= 4 is 45.5 Å². The van der Waals surface area contributed by atoms with E-state index in [4.69, 9.17) is 0 Å². The van der Waals surface area contributed by atoms with Crippen molar-refractivity contribution in [1.29, 1.82) is 0 Å². The summed E-state index contributed by atoms with van der Waals surface area (Å²) >= 11 is 2.91. The highest BCUT2D eigenvalue weighted by atomic mass is 32.2. The van der Waals surface area contributed by atoms with Crippen LogP contribution in [0.5, 0.6) is 0 Å². The number of carbonyl (C=O) groups is 1. The Kier molecular flexibility index (Phi) is 5.13. The molecule has 1 atom stereocenters. The van der Waals surface area contributed by atoms with Gasteiger partial charge in [0.1, 0.15) is 0 Å². The van der Waals surface area contributed by atoms with Crippen LogP contribution in [0.15, 0.2) is 52.9 Å². The Labute approximate surface area is 166 Å². The Bertz CT molecular complexity index is 972. The number of fused-ring (bicyclic) bond motifs is 1. The first-order valence-electron chi connectivity index (χ1n) is 8.81. The molecule has 27 heavy (non-hydrogen) atoms. The lowest BCUT2D eigenvalue weighted by atomic mass is 10.1. The van der Waals surface area contributed by atoms with Gasteiger partial charge >= 0.3 is 0 Å². The van der Waals surface area contributed by atoms with Crippen LogP contribution in [-0.2, 0) is 11.2 Å². The molecule has 0 saturated carbocycles. The predicted octanol–water partition coefficient (Wildman–Crippen LogP) is 4.66. The summed E-state index contributed by atoms with van der Waals surface area (Å²) in [7, 11) is 0. The molecule has 4 rings (SSSR count). The van der Waals surface area contributed by atoms with Crippen molar-refractivity contribution in [1.82, 2.24) is 10.2 Å². The van der Waals surface area contributed by atoms with Gasteiger partial charge in [-0.3, -0.25) is 4.79 Å². The fraction of sp³-hybridized carbons (Fsp3) is 0.250. The van der Waals surface area contributed by atoms with E-state index >= 15 is 0 Å². The molecule has 5 nitrogen and oxygen atoms in total. The number of nitrogens with zero attached hydrogens (tertiary/aromatic N) is 3. The fourth-order valence-electron chi connectivity index (χ4n) is 3.29. The molecule has 0 saturated heterocycles. The maximum atomic E-state index is 12.8. The van der Waals surface area contributed by atoms with Gasteiger partial charge in [-0.25, -0.2) is 0 Å². The van der Waals surface area contributed by atoms with Gasteiger partial charge in [0.15, 0.2) is 4.34 Å². The molecule has 7 heteroatoms. The summed E-state index contributed by atoms with van der Waals surface area (Å²) in [5.74, 6) is 0.471. The van der Waals surface area contributed by atoms with Gasteiger partial charge in [0, 0.05) is 17.4 Å². The molecule has 1 amide bonds. The van der Waals surface area contributed by atoms with Gasteiger partial charge in [0.05, 0.1) is 5.75 Å². The second-order valence-corrected chi connectivity index (χ2v) is 8.75. The lowest BCUT2D eigenvalue weighted by Gasteiger charge is -2.22. The second kappa shape index (κ2) is 7.70. The smallest absolute Gasteiger partial charge is 0.237 e. The van der Waals surface area contributed by atoms with E-state index in [2.05, 4.69) is 28.5 Å². The topological polar surface area (TPSA) is 58.1 Å². The lowest BCUT2D eigenvalue weighted by Crippen LogP contribution is -2.36. The Morgan fingerprint density at radius 2 is 2.00 bits per heavy atom. The number of amides is 1. The van der Waals surface area contributed by atoms with Crippen molar-refractivity contribution in [3.8, 4) is 0 Å². The molecule has 0 fully saturated rings. The molecule has 1 N–H and O–H groups in total. The van der Waals surface area contributed by atoms with Crippen molar-refractivity contribution in [2.24, 2.45) is 0 Å². The fourth-order valence-corrected chi connectivity index (χ4v) is 4.91. The minimum absolute atomic E-state index is 0.112. The molecule has 0 aliphatic carbocycles. The SMILES string of the molecule is Cc1ccccc1Nc1nnc(SCC(=O)N2c3ccccc3C[C@H]2C)s1. The van der Waals surface area contributed by atoms with Crippen LogP contribution in [0.1, 0.15) is 18.1 Å². The van der Waals surface area contributed by atoms with E-state index in [1.807, 2.05) is 54.3 Å². The third-order valence-electron chi connectivity index (χ3n) is 4.59. The molecule has 138 valence electrons. The monoisotopic (exact) mass is 396 g/mol. The first-order valence-corrected chi connectivity index (χ1v) is 10.6. The zero-order chi connectivity index (χ0) is 18.8. The first-order chi connectivity index (χ1) is 13.1. The lowest BCUT2D eigenvalue weighted by molar-refractivity contribution is -0.116. The number of carbonyl (C=O) groups excluding carboxylic acids is 1. The van der Waals surface area contributed by atoms with Crippen molar-refractivity contribution in [2.45, 2.75) is 30.6 Å². The van der Waals surface area contributed by atoms with Crippen LogP contribution in [-0.4, -0.2) is 27.9 Å². The summed E-state index contributed by atoms with van der Waals surface area (Å²) in [6, 6.07) is 16.4. The molecule has 3 aromatic rings. The molecule has 2 aromatic carbocycles. The number of aromatic nitrogens is 2. The van der Waals surface area contributed by atoms with Crippen molar-refractivity contribution in [3.05, 3.63) is 59.7 Å². The molecule has 0 radical (unpaired) electrons. The highest BCUT2D eigenvalue weighted by Gasteiger charge is 2.30. The summed E-state index contributed by atoms with van der Waals surface area (Å²) in [4.78, 5) is 14.7. The highest BCUT2D eigenvalue weighted by molar-refractivity contribution is 8.01. The molecule has 0 spiro atoms. The average molecular weight is 397 g/mol. The molecule has 2 heterocycles. The minimum Gasteiger partial charge on any atom is -0.330 e. The number of hydrogen-bond acceptors (Lipinski definition) is 6. The summed E-state index contributed by atoms with van der Waals surface area (Å²) in [5, 5.41) is 12.4. The van der Waals surface area contributed by atoms with Gasteiger partial charge in [-0.15, -0.1) is 10.2 Å². The van der Waals surface area contributed by atoms with Crippen molar-refractivity contribution < 1.29 is 4.79 Å². The van der Waals surface area contributed by atoms with Crippen molar-refractivity contribution in [3.63, 3.8) is 0 Å². The molecule has 0 bridgehead atoms. The zero-order valence-electron chi connectivity index (χ0n) is 15.2. The maximum absolute atomic E-state index is 12.8. The first kappa shape index (κ1) is 18.0. The summed E-state index contributed by atoms with van der Waals surface area (Å²) in [6.07, 6.45) is 0.913. The van der Waals surface area contributed by atoms with Gasteiger partial charge in [0.25, 0.3) is 0 Å². The highest BCUT2D eigenvalue weighted by Crippen LogP contribution is 2.34. The van der Waals surface area contributed by atoms with E-state index in [1.54, 1.807) is 0 Å².